The molecule has 2 nitrogen and oxygen atoms in total. The molecular weight excluding hydrogens is 256 g/mol. The number of rotatable bonds is 6. The summed E-state index contributed by atoms with van der Waals surface area (Å²) in [5.41, 5.74) is 2.88. The summed E-state index contributed by atoms with van der Waals surface area (Å²) >= 11 is 0. The highest BCUT2D eigenvalue weighted by molar-refractivity contribution is 5.25. The van der Waals surface area contributed by atoms with Crippen molar-refractivity contribution in [3.8, 4) is 0 Å². The molecule has 0 aromatic heterocycles. The lowest BCUT2D eigenvalue weighted by molar-refractivity contribution is 0.174. The molecule has 0 heterocycles. The Bertz CT molecular complexity index is 416. The molecule has 0 bridgehead atoms. The van der Waals surface area contributed by atoms with Crippen molar-refractivity contribution in [3.05, 3.63) is 35.4 Å². The third kappa shape index (κ3) is 4.82. The van der Waals surface area contributed by atoms with Crippen molar-refractivity contribution in [1.82, 2.24) is 10.2 Å². The predicted octanol–water partition coefficient (Wildman–Crippen LogP) is 4.13. The molecule has 2 atom stereocenters. The van der Waals surface area contributed by atoms with E-state index in [0.29, 0.717) is 12.1 Å². The van der Waals surface area contributed by atoms with Gasteiger partial charge in [-0.25, -0.2) is 0 Å². The van der Waals surface area contributed by atoms with Gasteiger partial charge in [0.1, 0.15) is 0 Å². The molecule has 0 amide bonds. The van der Waals surface area contributed by atoms with Gasteiger partial charge in [0.25, 0.3) is 0 Å². The van der Waals surface area contributed by atoms with Crippen molar-refractivity contribution >= 4 is 0 Å². The monoisotopic (exact) mass is 288 g/mol. The highest BCUT2D eigenvalue weighted by atomic mass is 15.2. The highest BCUT2D eigenvalue weighted by Gasteiger charge is 2.26. The van der Waals surface area contributed by atoms with Crippen molar-refractivity contribution < 1.29 is 0 Å². The maximum absolute atomic E-state index is 3.80. The Morgan fingerprint density at radius 1 is 1.14 bits per heavy atom. The van der Waals surface area contributed by atoms with Gasteiger partial charge in [-0.2, -0.15) is 0 Å². The molecular formula is C19H32N2. The lowest BCUT2D eigenvalue weighted by Gasteiger charge is -2.34. The Balaban J connectivity index is 2.02. The van der Waals surface area contributed by atoms with Crippen LogP contribution in [0.15, 0.2) is 24.3 Å². The van der Waals surface area contributed by atoms with Crippen LogP contribution in [0.4, 0.5) is 0 Å². The van der Waals surface area contributed by atoms with Gasteiger partial charge in [-0.05, 0) is 50.9 Å². The molecule has 2 unspecified atom stereocenters. The van der Waals surface area contributed by atoms with Crippen molar-refractivity contribution in [2.45, 2.75) is 71.0 Å². The van der Waals surface area contributed by atoms with Gasteiger partial charge >= 0.3 is 0 Å². The molecule has 1 aliphatic rings. The third-order valence-electron chi connectivity index (χ3n) is 4.88. The highest BCUT2D eigenvalue weighted by Crippen LogP contribution is 2.23. The third-order valence-corrected chi connectivity index (χ3v) is 4.88. The average molecular weight is 288 g/mol. The first-order chi connectivity index (χ1) is 10.2. The zero-order valence-corrected chi connectivity index (χ0v) is 14.1. The van der Waals surface area contributed by atoms with E-state index in [4.69, 9.17) is 0 Å². The van der Waals surface area contributed by atoms with Crippen LogP contribution in [0.5, 0.6) is 0 Å². The second kappa shape index (κ2) is 8.55. The molecule has 2 heteroatoms. The number of aryl methyl sites for hydroxylation is 1. The predicted molar refractivity (Wildman–Crippen MR) is 91.6 cm³/mol. The number of benzene rings is 1. The molecule has 1 N–H and O–H groups in total. The molecule has 1 aliphatic carbocycles. The smallest absolute Gasteiger partial charge is 0.0249 e. The van der Waals surface area contributed by atoms with Crippen LogP contribution < -0.4 is 5.32 Å². The van der Waals surface area contributed by atoms with Gasteiger partial charge < -0.3 is 5.32 Å². The molecule has 1 aromatic rings. The van der Waals surface area contributed by atoms with Crippen LogP contribution in [0.25, 0.3) is 0 Å². The zero-order chi connectivity index (χ0) is 15.1. The van der Waals surface area contributed by atoms with Crippen molar-refractivity contribution in [2.24, 2.45) is 0 Å². The van der Waals surface area contributed by atoms with Crippen LogP contribution in [0.1, 0.15) is 56.6 Å². The fourth-order valence-corrected chi connectivity index (χ4v) is 3.56. The lowest BCUT2D eigenvalue weighted by Crippen LogP contribution is -2.48. The van der Waals surface area contributed by atoms with Crippen LogP contribution in [-0.4, -0.2) is 30.6 Å². The first kappa shape index (κ1) is 16.5. The lowest BCUT2D eigenvalue weighted by atomic mass is 10.00. The fraction of sp³-hybridized carbons (Fsp3) is 0.684. The molecule has 0 saturated heterocycles. The van der Waals surface area contributed by atoms with E-state index < -0.39 is 0 Å². The van der Waals surface area contributed by atoms with Crippen LogP contribution >= 0.6 is 0 Å². The van der Waals surface area contributed by atoms with E-state index in [9.17, 15) is 0 Å². The van der Waals surface area contributed by atoms with Gasteiger partial charge in [0.2, 0.25) is 0 Å². The van der Waals surface area contributed by atoms with Crippen LogP contribution in [0.3, 0.4) is 0 Å². The van der Waals surface area contributed by atoms with Gasteiger partial charge in [0.15, 0.2) is 0 Å². The minimum absolute atomic E-state index is 0.668. The molecule has 1 aromatic carbocycles. The van der Waals surface area contributed by atoms with Gasteiger partial charge in [-0.1, -0.05) is 50.5 Å². The van der Waals surface area contributed by atoms with E-state index in [1.165, 1.54) is 49.7 Å². The number of nitrogens with one attached hydrogen (secondary N) is 1. The summed E-state index contributed by atoms with van der Waals surface area (Å²) in [6.07, 6.45) is 8.07. The maximum atomic E-state index is 3.80. The molecule has 2 rings (SSSR count). The summed E-state index contributed by atoms with van der Waals surface area (Å²) in [7, 11) is 2.31. The quantitative estimate of drug-likeness (QED) is 0.792. The summed E-state index contributed by atoms with van der Waals surface area (Å²) in [5.74, 6) is 0. The summed E-state index contributed by atoms with van der Waals surface area (Å²) in [6, 6.07) is 10.1. The van der Waals surface area contributed by atoms with Crippen LogP contribution in [-0.2, 0) is 6.54 Å². The van der Waals surface area contributed by atoms with Gasteiger partial charge in [-0.15, -0.1) is 0 Å². The minimum atomic E-state index is 0.668. The number of hydrogen-bond donors (Lipinski definition) is 1. The zero-order valence-electron chi connectivity index (χ0n) is 14.1. The van der Waals surface area contributed by atoms with E-state index >= 15 is 0 Å². The van der Waals surface area contributed by atoms with E-state index in [-0.39, 0.29) is 0 Å². The Labute approximate surface area is 130 Å². The van der Waals surface area contributed by atoms with E-state index in [1.807, 2.05) is 0 Å². The number of likely N-dealkylation sites (N-methyl/N-ethyl adjacent to an activating group) is 1. The molecule has 21 heavy (non-hydrogen) atoms. The molecule has 1 fully saturated rings. The van der Waals surface area contributed by atoms with Crippen molar-refractivity contribution in [2.75, 3.05) is 13.6 Å². The Morgan fingerprint density at radius 3 is 2.67 bits per heavy atom. The van der Waals surface area contributed by atoms with E-state index in [1.54, 1.807) is 0 Å². The van der Waals surface area contributed by atoms with Crippen LogP contribution in [0, 0.1) is 6.92 Å². The second-order valence-electron chi connectivity index (χ2n) is 6.61. The largest absolute Gasteiger partial charge is 0.312 e. The van der Waals surface area contributed by atoms with E-state index in [0.717, 1.165) is 13.1 Å². The van der Waals surface area contributed by atoms with Crippen molar-refractivity contribution in [1.29, 1.82) is 0 Å². The van der Waals surface area contributed by atoms with Gasteiger partial charge in [-0.3, -0.25) is 4.90 Å². The minimum Gasteiger partial charge on any atom is -0.312 e. The molecule has 0 radical (unpaired) electrons. The first-order valence-corrected chi connectivity index (χ1v) is 8.70. The molecule has 118 valence electrons. The van der Waals surface area contributed by atoms with Gasteiger partial charge in [0, 0.05) is 18.6 Å². The standard InChI is InChI=1S/C19H32N2/c1-4-14-20-18-12-6-5-7-13-19(18)21(3)15-17-11-9-8-10-16(17)2/h8-11,18-20H,4-7,12-15H2,1-3H3. The fourth-order valence-electron chi connectivity index (χ4n) is 3.56. The topological polar surface area (TPSA) is 15.3 Å². The SMILES string of the molecule is CCCNC1CCCCCC1N(C)Cc1ccccc1C. The van der Waals surface area contributed by atoms with Crippen LogP contribution in [0.2, 0.25) is 0 Å². The Hall–Kier alpha value is -0.860. The normalized spacial score (nSPS) is 23.2. The first-order valence-electron chi connectivity index (χ1n) is 8.70. The summed E-state index contributed by atoms with van der Waals surface area (Å²) in [6.45, 7) is 6.71. The molecule has 0 aliphatic heterocycles. The van der Waals surface area contributed by atoms with E-state index in [2.05, 4.69) is 55.4 Å². The Kier molecular flexibility index (Phi) is 6.72. The second-order valence-corrected chi connectivity index (χ2v) is 6.61. The van der Waals surface area contributed by atoms with Gasteiger partial charge in [0.05, 0.1) is 0 Å². The molecule has 0 spiro atoms. The summed E-state index contributed by atoms with van der Waals surface area (Å²) < 4.78 is 0. The average Bonchev–Trinajstić information content (AvgIpc) is 2.73. The summed E-state index contributed by atoms with van der Waals surface area (Å²) in [4.78, 5) is 2.58. The number of hydrogen-bond acceptors (Lipinski definition) is 2. The van der Waals surface area contributed by atoms with Crippen molar-refractivity contribution in [3.63, 3.8) is 0 Å². The number of nitrogens with zero attached hydrogens (tertiary/aromatic N) is 1. The molecule has 1 saturated carbocycles. The summed E-state index contributed by atoms with van der Waals surface area (Å²) in [5, 5.41) is 3.80. The Morgan fingerprint density at radius 2 is 1.90 bits per heavy atom. The maximum Gasteiger partial charge on any atom is 0.0249 e.